The maximum atomic E-state index is 12.0. The van der Waals surface area contributed by atoms with Crippen LogP contribution in [0.5, 0.6) is 5.75 Å². The van der Waals surface area contributed by atoms with Crippen molar-refractivity contribution < 1.29 is 9.53 Å². The number of amides is 1. The third kappa shape index (κ3) is 4.63. The van der Waals surface area contributed by atoms with E-state index in [-0.39, 0.29) is 19.1 Å². The van der Waals surface area contributed by atoms with E-state index in [2.05, 4.69) is 36.8 Å². The van der Waals surface area contributed by atoms with Crippen LogP contribution in [0, 0.1) is 6.92 Å². The first-order valence-electron chi connectivity index (χ1n) is 7.61. The second-order valence-corrected chi connectivity index (χ2v) is 6.28. The minimum absolute atomic E-state index is 0.0679. The Hall–Kier alpha value is -2.74. The Labute approximate surface area is 153 Å². The Kier molecular flexibility index (Phi) is 5.39. The molecule has 3 aromatic rings. The molecule has 0 aliphatic rings. The zero-order chi connectivity index (χ0) is 17.6. The van der Waals surface area contributed by atoms with Crippen molar-refractivity contribution in [3.63, 3.8) is 0 Å². The van der Waals surface area contributed by atoms with Crippen LogP contribution in [-0.4, -0.2) is 32.7 Å². The fourth-order valence-electron chi connectivity index (χ4n) is 2.14. The Morgan fingerprint density at radius 3 is 2.80 bits per heavy atom. The molecule has 3 rings (SSSR count). The molecule has 25 heavy (non-hydrogen) atoms. The molecule has 0 atom stereocenters. The van der Waals surface area contributed by atoms with Gasteiger partial charge < -0.3 is 10.1 Å². The summed E-state index contributed by atoms with van der Waals surface area (Å²) in [4.78, 5) is 12.0. The van der Waals surface area contributed by atoms with Crippen LogP contribution in [0.4, 0.5) is 0 Å². The highest BCUT2D eigenvalue weighted by molar-refractivity contribution is 9.10. The van der Waals surface area contributed by atoms with Crippen molar-refractivity contribution in [3.05, 3.63) is 64.4 Å². The summed E-state index contributed by atoms with van der Waals surface area (Å²) in [6.45, 7) is 2.13. The van der Waals surface area contributed by atoms with Gasteiger partial charge in [0.1, 0.15) is 5.75 Å². The van der Waals surface area contributed by atoms with Gasteiger partial charge in [-0.2, -0.15) is 4.68 Å². The number of halogens is 1. The topological polar surface area (TPSA) is 81.9 Å². The summed E-state index contributed by atoms with van der Waals surface area (Å²) in [6.07, 6.45) is 0. The normalized spacial score (nSPS) is 10.5. The molecule has 1 aromatic heterocycles. The molecule has 0 fully saturated rings. The molecule has 0 unspecified atom stereocenters. The van der Waals surface area contributed by atoms with Crippen molar-refractivity contribution in [2.24, 2.45) is 0 Å². The summed E-state index contributed by atoms with van der Waals surface area (Å²) in [5, 5.41) is 14.3. The Morgan fingerprint density at radius 2 is 2.04 bits per heavy atom. The SMILES string of the molecule is Cc1ccc(OCC(=O)NCc2nnnn2-c2cccc(Br)c2)cc1. The lowest BCUT2D eigenvalue weighted by molar-refractivity contribution is -0.123. The number of nitrogens with zero attached hydrogens (tertiary/aromatic N) is 4. The number of aromatic nitrogens is 4. The lowest BCUT2D eigenvalue weighted by Crippen LogP contribution is -2.29. The van der Waals surface area contributed by atoms with Crippen LogP contribution in [0.1, 0.15) is 11.4 Å². The third-order valence-corrected chi connectivity index (χ3v) is 3.91. The minimum atomic E-state index is -0.246. The van der Waals surface area contributed by atoms with E-state index in [1.54, 1.807) is 4.68 Å². The van der Waals surface area contributed by atoms with E-state index in [4.69, 9.17) is 4.74 Å². The number of carbonyl (C=O) groups excluding carboxylic acids is 1. The maximum absolute atomic E-state index is 12.0. The van der Waals surface area contributed by atoms with E-state index in [1.807, 2.05) is 55.5 Å². The number of hydrogen-bond acceptors (Lipinski definition) is 5. The summed E-state index contributed by atoms with van der Waals surface area (Å²) in [5.74, 6) is 0.936. The lowest BCUT2D eigenvalue weighted by Gasteiger charge is -2.08. The van der Waals surface area contributed by atoms with Crippen LogP contribution in [-0.2, 0) is 11.3 Å². The standard InChI is InChI=1S/C17H16BrN5O2/c1-12-5-7-15(8-6-12)25-11-17(24)19-10-16-20-21-22-23(16)14-4-2-3-13(18)9-14/h2-9H,10-11H2,1H3,(H,19,24). The summed E-state index contributed by atoms with van der Waals surface area (Å²) >= 11 is 3.41. The van der Waals surface area contributed by atoms with Crippen molar-refractivity contribution in [2.75, 3.05) is 6.61 Å². The van der Waals surface area contributed by atoms with Gasteiger partial charge in [0.05, 0.1) is 12.2 Å². The van der Waals surface area contributed by atoms with E-state index in [0.29, 0.717) is 11.6 Å². The highest BCUT2D eigenvalue weighted by Crippen LogP contribution is 2.15. The number of tetrazole rings is 1. The number of ether oxygens (including phenoxy) is 1. The maximum Gasteiger partial charge on any atom is 0.258 e. The van der Waals surface area contributed by atoms with Gasteiger partial charge in [0, 0.05) is 4.47 Å². The summed E-state index contributed by atoms with van der Waals surface area (Å²) in [6, 6.07) is 15.1. The molecule has 0 aliphatic carbocycles. The van der Waals surface area contributed by atoms with Gasteiger partial charge in [0.25, 0.3) is 5.91 Å². The Morgan fingerprint density at radius 1 is 1.24 bits per heavy atom. The van der Waals surface area contributed by atoms with Crippen molar-refractivity contribution in [1.29, 1.82) is 0 Å². The molecule has 8 heteroatoms. The van der Waals surface area contributed by atoms with Gasteiger partial charge in [-0.05, 0) is 47.7 Å². The van der Waals surface area contributed by atoms with E-state index in [1.165, 1.54) is 0 Å². The second kappa shape index (κ2) is 7.89. The smallest absolute Gasteiger partial charge is 0.258 e. The van der Waals surface area contributed by atoms with E-state index in [0.717, 1.165) is 15.7 Å². The molecule has 7 nitrogen and oxygen atoms in total. The van der Waals surface area contributed by atoms with Gasteiger partial charge in [-0.15, -0.1) is 5.10 Å². The van der Waals surface area contributed by atoms with E-state index >= 15 is 0 Å². The second-order valence-electron chi connectivity index (χ2n) is 5.37. The van der Waals surface area contributed by atoms with Crippen LogP contribution in [0.15, 0.2) is 53.0 Å². The molecule has 0 radical (unpaired) electrons. The molecule has 0 saturated heterocycles. The molecule has 0 bridgehead atoms. The van der Waals surface area contributed by atoms with Crippen LogP contribution in [0.25, 0.3) is 5.69 Å². The van der Waals surface area contributed by atoms with Crippen molar-refractivity contribution in [1.82, 2.24) is 25.5 Å². The summed E-state index contributed by atoms with van der Waals surface area (Å²) in [7, 11) is 0. The highest BCUT2D eigenvalue weighted by Gasteiger charge is 2.10. The van der Waals surface area contributed by atoms with Gasteiger partial charge >= 0.3 is 0 Å². The number of nitrogens with one attached hydrogen (secondary N) is 1. The van der Waals surface area contributed by atoms with Crippen LogP contribution < -0.4 is 10.1 Å². The quantitative estimate of drug-likeness (QED) is 0.685. The van der Waals surface area contributed by atoms with E-state index < -0.39 is 0 Å². The third-order valence-electron chi connectivity index (χ3n) is 3.42. The summed E-state index contributed by atoms with van der Waals surface area (Å²) in [5.41, 5.74) is 1.94. The van der Waals surface area contributed by atoms with E-state index in [9.17, 15) is 4.79 Å². The van der Waals surface area contributed by atoms with Crippen molar-refractivity contribution in [3.8, 4) is 11.4 Å². The molecule has 0 spiro atoms. The fraction of sp³-hybridized carbons (Fsp3) is 0.176. The number of rotatable bonds is 6. The predicted molar refractivity (Wildman–Crippen MR) is 95.4 cm³/mol. The zero-order valence-electron chi connectivity index (χ0n) is 13.5. The van der Waals surface area contributed by atoms with Crippen LogP contribution in [0.3, 0.4) is 0 Å². The Balaban J connectivity index is 1.56. The Bertz CT molecular complexity index is 863. The molecule has 0 saturated carbocycles. The van der Waals surface area contributed by atoms with Crippen molar-refractivity contribution >= 4 is 21.8 Å². The number of carbonyl (C=O) groups is 1. The number of benzene rings is 2. The fourth-order valence-corrected chi connectivity index (χ4v) is 2.52. The average Bonchev–Trinajstić information content (AvgIpc) is 3.08. The predicted octanol–water partition coefficient (Wildman–Crippen LogP) is 2.43. The molecular formula is C17H16BrN5O2. The first kappa shape index (κ1) is 17.1. The molecule has 128 valence electrons. The van der Waals surface area contributed by atoms with Crippen LogP contribution >= 0.6 is 15.9 Å². The average molecular weight is 402 g/mol. The molecule has 1 amide bonds. The molecule has 0 aliphatic heterocycles. The lowest BCUT2D eigenvalue weighted by atomic mass is 10.2. The van der Waals surface area contributed by atoms with Crippen LogP contribution in [0.2, 0.25) is 0 Å². The summed E-state index contributed by atoms with van der Waals surface area (Å²) < 4.78 is 7.94. The number of aryl methyl sites for hydroxylation is 1. The number of hydrogen-bond donors (Lipinski definition) is 1. The monoisotopic (exact) mass is 401 g/mol. The molecule has 2 aromatic carbocycles. The van der Waals surface area contributed by atoms with Gasteiger partial charge in [0.15, 0.2) is 12.4 Å². The highest BCUT2D eigenvalue weighted by atomic mass is 79.9. The van der Waals surface area contributed by atoms with Gasteiger partial charge in [-0.1, -0.05) is 39.7 Å². The first-order valence-corrected chi connectivity index (χ1v) is 8.40. The van der Waals surface area contributed by atoms with Gasteiger partial charge in [0.2, 0.25) is 0 Å². The molecule has 1 heterocycles. The first-order chi connectivity index (χ1) is 12.1. The van der Waals surface area contributed by atoms with Crippen molar-refractivity contribution in [2.45, 2.75) is 13.5 Å². The molecular weight excluding hydrogens is 386 g/mol. The zero-order valence-corrected chi connectivity index (χ0v) is 15.1. The molecule has 1 N–H and O–H groups in total. The van der Waals surface area contributed by atoms with Gasteiger partial charge in [-0.25, -0.2) is 0 Å². The largest absolute Gasteiger partial charge is 0.484 e. The minimum Gasteiger partial charge on any atom is -0.484 e. The van der Waals surface area contributed by atoms with Gasteiger partial charge in [-0.3, -0.25) is 4.79 Å².